The van der Waals surface area contributed by atoms with Crippen molar-refractivity contribution in [1.82, 2.24) is 4.98 Å². The van der Waals surface area contributed by atoms with Crippen LogP contribution in [0.4, 0.5) is 0 Å². The molecule has 0 aliphatic rings. The maximum absolute atomic E-state index is 6.03. The van der Waals surface area contributed by atoms with E-state index in [1.807, 2.05) is 31.3 Å². The lowest BCUT2D eigenvalue weighted by atomic mass is 10.2. The molecule has 0 unspecified atom stereocenters. The van der Waals surface area contributed by atoms with Crippen LogP contribution in [-0.2, 0) is 6.61 Å². The number of nitrogens with zero attached hydrogens (tertiary/aromatic N) is 1. The molecule has 0 aliphatic carbocycles. The van der Waals surface area contributed by atoms with Gasteiger partial charge >= 0.3 is 0 Å². The van der Waals surface area contributed by atoms with Crippen LogP contribution < -0.4 is 4.74 Å². The van der Waals surface area contributed by atoms with Gasteiger partial charge in [0.15, 0.2) is 0 Å². The van der Waals surface area contributed by atoms with E-state index in [0.29, 0.717) is 17.4 Å². The Balaban J connectivity index is 2.09. The Hall–Kier alpha value is -1.06. The van der Waals surface area contributed by atoms with Crippen LogP contribution in [0.15, 0.2) is 41.1 Å². The molecular formula is C13H11BrClNO. The van der Waals surface area contributed by atoms with E-state index in [2.05, 4.69) is 20.9 Å². The van der Waals surface area contributed by atoms with Gasteiger partial charge in [-0.1, -0.05) is 27.5 Å². The Kier molecular flexibility index (Phi) is 4.02. The van der Waals surface area contributed by atoms with Gasteiger partial charge in [-0.2, -0.15) is 0 Å². The van der Waals surface area contributed by atoms with E-state index in [1.165, 1.54) is 0 Å². The molecule has 1 heterocycles. The van der Waals surface area contributed by atoms with Crippen molar-refractivity contribution in [3.63, 3.8) is 0 Å². The first-order valence-electron chi connectivity index (χ1n) is 5.13. The fourth-order valence-electron chi connectivity index (χ4n) is 1.45. The lowest BCUT2D eigenvalue weighted by Crippen LogP contribution is -1.97. The molecule has 17 heavy (non-hydrogen) atoms. The van der Waals surface area contributed by atoms with Crippen molar-refractivity contribution < 1.29 is 4.74 Å². The first-order chi connectivity index (χ1) is 8.15. The van der Waals surface area contributed by atoms with Gasteiger partial charge in [0.25, 0.3) is 0 Å². The minimum atomic E-state index is 0.463. The fraction of sp³-hybridized carbons (Fsp3) is 0.154. The largest absolute Gasteiger partial charge is 0.487 e. The number of aryl methyl sites for hydroxylation is 1. The second-order valence-electron chi connectivity index (χ2n) is 3.73. The Labute approximate surface area is 114 Å². The van der Waals surface area contributed by atoms with E-state index in [4.69, 9.17) is 16.3 Å². The summed E-state index contributed by atoms with van der Waals surface area (Å²) in [7, 11) is 0. The number of halogens is 2. The van der Waals surface area contributed by atoms with E-state index < -0.39 is 0 Å². The predicted molar refractivity (Wildman–Crippen MR) is 72.5 cm³/mol. The van der Waals surface area contributed by atoms with Gasteiger partial charge in [0.05, 0.1) is 5.02 Å². The number of aromatic nitrogens is 1. The molecule has 0 saturated heterocycles. The maximum atomic E-state index is 6.03. The Bertz CT molecular complexity index is 531. The topological polar surface area (TPSA) is 22.1 Å². The van der Waals surface area contributed by atoms with E-state index in [-0.39, 0.29) is 0 Å². The smallest absolute Gasteiger partial charge is 0.139 e. The van der Waals surface area contributed by atoms with E-state index >= 15 is 0 Å². The van der Waals surface area contributed by atoms with Gasteiger partial charge < -0.3 is 4.74 Å². The van der Waals surface area contributed by atoms with Gasteiger partial charge in [-0.05, 0) is 36.8 Å². The van der Waals surface area contributed by atoms with Crippen molar-refractivity contribution in [2.75, 3.05) is 0 Å². The van der Waals surface area contributed by atoms with Crippen molar-refractivity contribution in [2.45, 2.75) is 13.5 Å². The zero-order valence-corrected chi connectivity index (χ0v) is 11.6. The number of rotatable bonds is 3. The Morgan fingerprint density at radius 2 is 2.12 bits per heavy atom. The quantitative estimate of drug-likeness (QED) is 0.839. The van der Waals surface area contributed by atoms with Crippen LogP contribution >= 0.6 is 27.5 Å². The van der Waals surface area contributed by atoms with Crippen LogP contribution in [-0.4, -0.2) is 4.98 Å². The third-order valence-corrected chi connectivity index (χ3v) is 3.02. The summed E-state index contributed by atoms with van der Waals surface area (Å²) >= 11 is 9.42. The second-order valence-corrected chi connectivity index (χ2v) is 5.06. The molecule has 0 amide bonds. The molecule has 2 aromatic rings. The van der Waals surface area contributed by atoms with Gasteiger partial charge in [0.1, 0.15) is 12.4 Å². The van der Waals surface area contributed by atoms with Crippen LogP contribution in [0.1, 0.15) is 11.1 Å². The first kappa shape index (κ1) is 12.4. The first-order valence-corrected chi connectivity index (χ1v) is 6.30. The van der Waals surface area contributed by atoms with E-state index in [9.17, 15) is 0 Å². The summed E-state index contributed by atoms with van der Waals surface area (Å²) in [5, 5.41) is 0.605. The normalized spacial score (nSPS) is 10.3. The average molecular weight is 313 g/mol. The van der Waals surface area contributed by atoms with E-state index in [0.717, 1.165) is 15.6 Å². The molecule has 0 saturated carbocycles. The molecule has 1 aromatic heterocycles. The summed E-state index contributed by atoms with van der Waals surface area (Å²) in [6.45, 7) is 2.47. The summed E-state index contributed by atoms with van der Waals surface area (Å²) in [6, 6.07) is 7.57. The highest BCUT2D eigenvalue weighted by Gasteiger charge is 2.03. The molecular weight excluding hydrogens is 302 g/mol. The van der Waals surface area contributed by atoms with Gasteiger partial charge in [-0.15, -0.1) is 0 Å². The standard InChI is InChI=1S/C13H11BrClNO/c1-9-4-10(7-16-6-9)8-17-13-5-11(14)2-3-12(13)15/h2-7H,8H2,1H3. The van der Waals surface area contributed by atoms with Crippen molar-refractivity contribution in [1.29, 1.82) is 0 Å². The van der Waals surface area contributed by atoms with Crippen LogP contribution in [0, 0.1) is 6.92 Å². The predicted octanol–water partition coefficient (Wildman–Crippen LogP) is 4.38. The summed E-state index contributed by atoms with van der Waals surface area (Å²) in [6.07, 6.45) is 3.61. The molecule has 1 aromatic carbocycles. The van der Waals surface area contributed by atoms with Gasteiger partial charge in [0.2, 0.25) is 0 Å². The lowest BCUT2D eigenvalue weighted by Gasteiger charge is -2.08. The summed E-state index contributed by atoms with van der Waals surface area (Å²) < 4.78 is 6.60. The van der Waals surface area contributed by atoms with Crippen molar-refractivity contribution >= 4 is 27.5 Å². The average Bonchev–Trinajstić information content (AvgIpc) is 2.30. The molecule has 0 radical (unpaired) electrons. The SMILES string of the molecule is Cc1cncc(COc2cc(Br)ccc2Cl)c1. The third kappa shape index (κ3) is 3.45. The summed E-state index contributed by atoms with van der Waals surface area (Å²) in [5.74, 6) is 0.669. The molecule has 0 spiro atoms. The fourth-order valence-corrected chi connectivity index (χ4v) is 1.96. The zero-order chi connectivity index (χ0) is 12.3. The summed E-state index contributed by atoms with van der Waals surface area (Å²) in [5.41, 5.74) is 2.15. The highest BCUT2D eigenvalue weighted by molar-refractivity contribution is 9.10. The van der Waals surface area contributed by atoms with Crippen molar-refractivity contribution in [3.05, 3.63) is 57.3 Å². The highest BCUT2D eigenvalue weighted by Crippen LogP contribution is 2.28. The van der Waals surface area contributed by atoms with Crippen LogP contribution in [0.5, 0.6) is 5.75 Å². The molecule has 0 bridgehead atoms. The molecule has 0 N–H and O–H groups in total. The van der Waals surface area contributed by atoms with Crippen molar-refractivity contribution in [3.8, 4) is 5.75 Å². The van der Waals surface area contributed by atoms with Crippen LogP contribution in [0.25, 0.3) is 0 Å². The Morgan fingerprint density at radius 1 is 1.29 bits per heavy atom. The maximum Gasteiger partial charge on any atom is 0.139 e. The number of hydrogen-bond donors (Lipinski definition) is 0. The third-order valence-electron chi connectivity index (χ3n) is 2.22. The lowest BCUT2D eigenvalue weighted by molar-refractivity contribution is 0.305. The molecule has 4 heteroatoms. The second kappa shape index (κ2) is 5.52. The summed E-state index contributed by atoms with van der Waals surface area (Å²) in [4.78, 5) is 4.11. The minimum Gasteiger partial charge on any atom is -0.487 e. The molecule has 0 aliphatic heterocycles. The minimum absolute atomic E-state index is 0.463. The number of hydrogen-bond acceptors (Lipinski definition) is 2. The Morgan fingerprint density at radius 3 is 2.88 bits per heavy atom. The molecule has 2 nitrogen and oxygen atoms in total. The monoisotopic (exact) mass is 311 g/mol. The number of ether oxygens (including phenoxy) is 1. The van der Waals surface area contributed by atoms with Crippen LogP contribution in [0.2, 0.25) is 5.02 Å². The molecule has 88 valence electrons. The van der Waals surface area contributed by atoms with Gasteiger partial charge in [-0.25, -0.2) is 0 Å². The molecule has 0 atom stereocenters. The number of benzene rings is 1. The molecule has 2 rings (SSSR count). The zero-order valence-electron chi connectivity index (χ0n) is 9.28. The van der Waals surface area contributed by atoms with Crippen molar-refractivity contribution in [2.24, 2.45) is 0 Å². The van der Waals surface area contributed by atoms with E-state index in [1.54, 1.807) is 12.3 Å². The van der Waals surface area contributed by atoms with Crippen LogP contribution in [0.3, 0.4) is 0 Å². The highest BCUT2D eigenvalue weighted by atomic mass is 79.9. The number of pyridine rings is 1. The molecule has 0 fully saturated rings. The van der Waals surface area contributed by atoms with Gasteiger partial charge in [0, 0.05) is 22.4 Å². The van der Waals surface area contributed by atoms with Gasteiger partial charge in [-0.3, -0.25) is 4.98 Å².